The van der Waals surface area contributed by atoms with Gasteiger partial charge >= 0.3 is 5.69 Å². The first-order valence-electron chi connectivity index (χ1n) is 44.9. The van der Waals surface area contributed by atoms with Gasteiger partial charge in [0, 0.05) is 96.2 Å². The molecule has 8 heterocycles. The summed E-state index contributed by atoms with van der Waals surface area (Å²) in [6.07, 6.45) is 19.4. The molecule has 17 heteroatoms. The maximum atomic E-state index is 11.4. The van der Waals surface area contributed by atoms with Crippen molar-refractivity contribution in [1.82, 2.24) is 50.2 Å². The lowest BCUT2D eigenvalue weighted by atomic mass is 9.74. The SMILES string of the molecule is CC(C)(C)C1=CCC=C1C(C)(C)C.CC(C)(C)C1=CCN=C1C(C)(C)C.CC(C)(C)C1=CCN=C1C(C)(C)C.CC(C)(C)c1c[nH]c(=O)cc1C(C)(C)C.CC(C)(C)c1cc(=O)[nH]nc1C(C)(C)C.CC(C)(C)c1cnc(=O)[nH]c1C(C)(C)C.CC(C)(C)c1cnoc1C(C)(C)C.CC(C)(C)c1conc1C(C)(C)C.CC(C)(C)c1nncn1C(C)(C)C. The molecule has 0 unspecified atom stereocenters. The summed E-state index contributed by atoms with van der Waals surface area (Å²) in [7, 11) is 0. The highest BCUT2D eigenvalue weighted by Crippen LogP contribution is 2.45. The number of hydrogen-bond donors (Lipinski definition) is 3. The molecule has 6 aromatic heterocycles. The third-order valence-corrected chi connectivity index (χ3v) is 20.5. The summed E-state index contributed by atoms with van der Waals surface area (Å²) in [6.45, 7) is 119. The van der Waals surface area contributed by atoms with Crippen molar-refractivity contribution in [2.75, 3.05) is 13.1 Å². The van der Waals surface area contributed by atoms with Gasteiger partial charge in [-0.1, -0.05) is 388 Å². The number of rotatable bonds is 0. The van der Waals surface area contributed by atoms with Crippen LogP contribution in [0.5, 0.6) is 0 Å². The molecule has 0 atom stereocenters. The number of aromatic amines is 3. The Bertz CT molecular complexity index is 4100. The van der Waals surface area contributed by atoms with Crippen LogP contribution in [0, 0.1) is 32.5 Å². The molecule has 0 aromatic carbocycles. The van der Waals surface area contributed by atoms with Gasteiger partial charge in [0.15, 0.2) is 0 Å². The van der Waals surface area contributed by atoms with Crippen LogP contribution in [0.3, 0.4) is 0 Å². The molecule has 3 N–H and O–H groups in total. The predicted octanol–water partition coefficient (Wildman–Crippen LogP) is 27.8. The van der Waals surface area contributed by atoms with Crippen molar-refractivity contribution < 1.29 is 9.05 Å². The second-order valence-corrected chi connectivity index (χ2v) is 52.3. The molecule has 1 aliphatic carbocycles. The summed E-state index contributed by atoms with van der Waals surface area (Å²) in [5, 5.41) is 22.8. The van der Waals surface area contributed by atoms with Gasteiger partial charge in [-0.15, -0.1) is 10.2 Å². The van der Waals surface area contributed by atoms with Gasteiger partial charge in [-0.3, -0.25) is 19.6 Å². The third kappa shape index (κ3) is 36.5. The first kappa shape index (κ1) is 114. The number of H-pyrrole nitrogens is 3. The van der Waals surface area contributed by atoms with E-state index in [-0.39, 0.29) is 104 Å². The maximum absolute atomic E-state index is 11.4. The number of aliphatic imine (C=N–C) groups is 2. The Morgan fingerprint density at radius 3 is 1.05 bits per heavy atom. The van der Waals surface area contributed by atoms with E-state index in [1.807, 2.05) is 12.4 Å². The lowest BCUT2D eigenvalue weighted by Gasteiger charge is -2.31. The van der Waals surface area contributed by atoms with Gasteiger partial charge in [-0.05, 0) is 126 Å². The normalized spacial score (nSPS) is 14.9. The standard InChI is InChI=1S/C13H21NO.C13H22.2C12H20N2O.2C12H21N.2C11H19NO.C10H19N3/c1-12(2,3)9-7-11(15)14-8-10(9)13(4,5)6;1-12(2,3)10-8-7-9-11(10)13(4,5)6;1-11(2,3)8-7-13-10(15)14-9(8)12(4,5)6;1-11(2,3)8-7-9(15)13-14-10(8)12(4,5)6;2*1-11(2,3)9-7-8-13-10(9)12(4,5)6;1-10(2,3)8-7-13-12-9(8)11(4,5)6;1-10(2,3)8-7-12-13-9(8)11(4,5)6;1-9(2,3)8-12-11-7-13(8)10(4,5)6/h7-8H,1-6H3,(H,14,15);8-9H,7H2,1-6H3;7H,1-6H3,(H,13,14,15);7H,1-6H3,(H,13,15);2*7H,8H2,1-6H3;3*7H,1-6H3. The van der Waals surface area contributed by atoms with Crippen LogP contribution in [0.15, 0.2) is 123 Å². The highest BCUT2D eigenvalue weighted by Gasteiger charge is 2.37. The number of aromatic nitrogens is 10. The molecule has 0 spiro atoms. The average Bonchev–Trinajstić information content (AvgIpc) is 1.65. The monoisotopic (exact) mass is 1700 g/mol. The van der Waals surface area contributed by atoms with E-state index in [0.29, 0.717) is 10.8 Å². The van der Waals surface area contributed by atoms with Crippen molar-refractivity contribution in [1.29, 1.82) is 0 Å². The molecule has 0 saturated carbocycles. The summed E-state index contributed by atoms with van der Waals surface area (Å²) >= 11 is 0. The molecule has 696 valence electrons. The number of nitrogens with zero attached hydrogens (tertiary/aromatic N) is 9. The van der Waals surface area contributed by atoms with Gasteiger partial charge in [0.25, 0.3) is 5.56 Å². The molecule has 0 amide bonds. The zero-order valence-corrected chi connectivity index (χ0v) is 89.0. The molecular weight excluding hydrogens is 1520 g/mol. The van der Waals surface area contributed by atoms with Crippen LogP contribution in [0.2, 0.25) is 0 Å². The van der Waals surface area contributed by atoms with E-state index in [9.17, 15) is 14.4 Å². The summed E-state index contributed by atoms with van der Waals surface area (Å²) < 4.78 is 12.5. The van der Waals surface area contributed by atoms with Crippen LogP contribution in [-0.4, -0.2) is 74.7 Å². The highest BCUT2D eigenvalue weighted by atomic mass is 16.5. The van der Waals surface area contributed by atoms with Crippen LogP contribution < -0.4 is 16.8 Å². The minimum Gasteiger partial charge on any atom is -0.364 e. The van der Waals surface area contributed by atoms with E-state index in [2.05, 4.69) is 458 Å². The number of pyridine rings is 1. The summed E-state index contributed by atoms with van der Waals surface area (Å²) in [5.41, 5.74) is 19.8. The van der Waals surface area contributed by atoms with Crippen molar-refractivity contribution in [3.05, 3.63) is 183 Å². The molecule has 3 aliphatic rings. The van der Waals surface area contributed by atoms with Crippen LogP contribution in [0.1, 0.15) is 442 Å². The largest absolute Gasteiger partial charge is 0.364 e. The Morgan fingerprint density at radius 1 is 0.358 bits per heavy atom. The molecule has 17 nitrogen and oxygen atoms in total. The minimum atomic E-state index is -0.270. The summed E-state index contributed by atoms with van der Waals surface area (Å²) in [6, 6.07) is 3.38. The molecule has 0 bridgehead atoms. The Kier molecular flexibility index (Phi) is 37.6. The van der Waals surface area contributed by atoms with E-state index in [4.69, 9.17) is 9.05 Å². The van der Waals surface area contributed by atoms with Gasteiger partial charge in [-0.25, -0.2) is 14.9 Å². The number of allylic oxidation sites excluding steroid dienone is 6. The molecule has 0 saturated heterocycles. The van der Waals surface area contributed by atoms with Gasteiger partial charge < -0.3 is 23.6 Å². The van der Waals surface area contributed by atoms with E-state index < -0.39 is 0 Å². The van der Waals surface area contributed by atoms with Gasteiger partial charge in [-0.2, -0.15) is 5.10 Å². The van der Waals surface area contributed by atoms with Crippen LogP contribution in [0.4, 0.5) is 0 Å². The van der Waals surface area contributed by atoms with Crippen molar-refractivity contribution in [2.24, 2.45) is 42.5 Å². The maximum Gasteiger partial charge on any atom is 0.345 e. The smallest absolute Gasteiger partial charge is 0.345 e. The first-order chi connectivity index (χ1) is 54.2. The van der Waals surface area contributed by atoms with Gasteiger partial charge in [0.1, 0.15) is 24.2 Å². The molecule has 123 heavy (non-hydrogen) atoms. The fourth-order valence-corrected chi connectivity index (χ4v) is 14.0. The fraction of sp³-hybridized carbons (Fsp3) is 0.708. The van der Waals surface area contributed by atoms with Crippen LogP contribution in [-0.2, 0) is 65.1 Å². The quantitative estimate of drug-likeness (QED) is 0.129. The molecule has 0 fully saturated rings. The van der Waals surface area contributed by atoms with Crippen LogP contribution in [0.25, 0.3) is 0 Å². The zero-order valence-electron chi connectivity index (χ0n) is 89.0. The van der Waals surface area contributed by atoms with Crippen molar-refractivity contribution in [3.8, 4) is 0 Å². The highest BCUT2D eigenvalue weighted by molar-refractivity contribution is 6.06. The van der Waals surface area contributed by atoms with E-state index in [0.717, 1.165) is 64.9 Å². The van der Waals surface area contributed by atoms with E-state index in [1.165, 1.54) is 39.3 Å². The number of hydrogen-bond acceptors (Lipinski definition) is 13. The lowest BCUT2D eigenvalue weighted by molar-refractivity contribution is 0.322. The topological polar surface area (TPSA) is 232 Å². The summed E-state index contributed by atoms with van der Waals surface area (Å²) in [4.78, 5) is 52.5. The second-order valence-electron chi connectivity index (χ2n) is 52.3. The zero-order chi connectivity index (χ0) is 97.2. The Morgan fingerprint density at radius 2 is 0.748 bits per heavy atom. The van der Waals surface area contributed by atoms with Crippen LogP contribution >= 0.6 is 0 Å². The van der Waals surface area contributed by atoms with Gasteiger partial charge in [0.05, 0.1) is 30.7 Å². The average molecular weight is 1700 g/mol. The Balaban J connectivity index is 0.000000692. The molecular formula is C106H182N12O5. The van der Waals surface area contributed by atoms with E-state index in [1.54, 1.807) is 42.1 Å². The van der Waals surface area contributed by atoms with Crippen molar-refractivity contribution in [2.45, 2.75) is 445 Å². The summed E-state index contributed by atoms with van der Waals surface area (Å²) in [5.74, 6) is 2.04. The lowest BCUT2D eigenvalue weighted by Crippen LogP contribution is -2.29. The molecule has 0 radical (unpaired) electrons. The Labute approximate surface area is 750 Å². The predicted molar refractivity (Wildman–Crippen MR) is 529 cm³/mol. The number of nitrogens with one attached hydrogen (secondary N) is 3. The Hall–Kier alpha value is -7.43. The second kappa shape index (κ2) is 40.7. The third-order valence-electron chi connectivity index (χ3n) is 20.5. The fourth-order valence-electron chi connectivity index (χ4n) is 14.0. The molecule has 2 aliphatic heterocycles. The molecule has 9 rings (SSSR count). The van der Waals surface area contributed by atoms with E-state index >= 15 is 0 Å². The van der Waals surface area contributed by atoms with Gasteiger partial charge in [0.2, 0.25) is 5.56 Å². The van der Waals surface area contributed by atoms with Crippen molar-refractivity contribution in [3.63, 3.8) is 0 Å². The first-order valence-corrected chi connectivity index (χ1v) is 44.9. The minimum absolute atomic E-state index is 0.000185. The molecule has 6 aromatic rings. The van der Waals surface area contributed by atoms with Crippen molar-refractivity contribution >= 4 is 11.4 Å².